The monoisotopic (exact) mass is 373 g/mol. The third-order valence-corrected chi connectivity index (χ3v) is 6.00. The first-order valence-electron chi connectivity index (χ1n) is 9.21. The minimum atomic E-state index is -0.0364. The van der Waals surface area contributed by atoms with E-state index in [4.69, 9.17) is 21.4 Å². The van der Waals surface area contributed by atoms with Gasteiger partial charge in [-0.05, 0) is 62.7 Å². The van der Waals surface area contributed by atoms with E-state index in [0.717, 1.165) is 31.4 Å². The smallest absolute Gasteiger partial charge is 0.284 e. The first-order valence-corrected chi connectivity index (χ1v) is 9.61. The van der Waals surface area contributed by atoms with Gasteiger partial charge in [-0.1, -0.05) is 12.8 Å². The molecule has 0 saturated heterocycles. The van der Waals surface area contributed by atoms with E-state index in [0.29, 0.717) is 11.5 Å². The normalized spacial score (nSPS) is 23.7. The maximum Gasteiger partial charge on any atom is 0.284 e. The van der Waals surface area contributed by atoms with Crippen LogP contribution in [0.3, 0.4) is 0 Å². The van der Waals surface area contributed by atoms with Gasteiger partial charge in [0.05, 0.1) is 6.10 Å². The Morgan fingerprint density at radius 2 is 2.12 bits per heavy atom. The van der Waals surface area contributed by atoms with E-state index in [1.54, 1.807) is 12.1 Å². The average Bonchev–Trinajstić information content (AvgIpc) is 3.32. The Hall–Kier alpha value is -1.99. The topological polar surface area (TPSA) is 80.1 Å². The Bertz CT molecular complexity index is 836. The summed E-state index contributed by atoms with van der Waals surface area (Å²) in [5.41, 5.74) is 1.55. The number of nitrogens with one attached hydrogen (secondary N) is 2. The molecule has 1 amide bonds. The minimum absolute atomic E-state index is 0.0364. The summed E-state index contributed by atoms with van der Waals surface area (Å²) in [6.45, 7) is 2.77. The molecule has 2 fully saturated rings. The number of hydrogen-bond donors (Lipinski definition) is 2. The Morgan fingerprint density at radius 3 is 2.73 bits per heavy atom. The maximum absolute atomic E-state index is 12.7. The molecule has 26 heavy (non-hydrogen) atoms. The molecule has 1 heterocycles. The molecule has 0 radical (unpaired) electrons. The number of aromatic nitrogens is 2. The highest BCUT2D eigenvalue weighted by atomic mass is 32.1. The Morgan fingerprint density at radius 1 is 1.38 bits per heavy atom. The number of hydrogen-bond acceptors (Lipinski definition) is 5. The zero-order chi connectivity index (χ0) is 18.1. The van der Waals surface area contributed by atoms with E-state index in [1.165, 1.54) is 12.8 Å². The van der Waals surface area contributed by atoms with Crippen molar-refractivity contribution in [2.45, 2.75) is 51.2 Å². The molecule has 2 aliphatic rings. The molecule has 1 aromatic heterocycles. The first-order chi connectivity index (χ1) is 12.6. The Balaban J connectivity index is 1.44. The summed E-state index contributed by atoms with van der Waals surface area (Å²) < 4.78 is 11.2. The molecule has 1 spiro atoms. The van der Waals surface area contributed by atoms with Crippen molar-refractivity contribution in [1.82, 2.24) is 15.5 Å². The van der Waals surface area contributed by atoms with Gasteiger partial charge in [-0.3, -0.25) is 4.79 Å². The lowest BCUT2D eigenvalue weighted by molar-refractivity contribution is -0.127. The molecule has 138 valence electrons. The van der Waals surface area contributed by atoms with Crippen LogP contribution in [-0.2, 0) is 4.74 Å². The highest BCUT2D eigenvalue weighted by Crippen LogP contribution is 2.54. The van der Waals surface area contributed by atoms with Gasteiger partial charge in [0.25, 0.3) is 10.7 Å². The van der Waals surface area contributed by atoms with Gasteiger partial charge >= 0.3 is 0 Å². The summed E-state index contributed by atoms with van der Waals surface area (Å²) >= 11 is 4.89. The second-order valence-electron chi connectivity index (χ2n) is 7.14. The van der Waals surface area contributed by atoms with Gasteiger partial charge in [-0.2, -0.15) is 0 Å². The molecule has 4 rings (SSSR count). The maximum atomic E-state index is 12.7. The van der Waals surface area contributed by atoms with Crippen LogP contribution in [0.25, 0.3) is 11.5 Å². The molecule has 0 bridgehead atoms. The van der Waals surface area contributed by atoms with Crippen molar-refractivity contribution in [2.24, 2.45) is 5.41 Å². The highest BCUT2D eigenvalue weighted by Gasteiger charge is 2.57. The molecular formula is C19H23N3O3S. The number of ether oxygens (including phenoxy) is 1. The number of carbonyl (C=O) groups excluding carboxylic acids is 1. The molecule has 7 heteroatoms. The molecule has 2 saturated carbocycles. The van der Waals surface area contributed by atoms with Crippen LogP contribution in [0.15, 0.2) is 28.7 Å². The summed E-state index contributed by atoms with van der Waals surface area (Å²) in [6.07, 6.45) is 5.94. The van der Waals surface area contributed by atoms with E-state index < -0.39 is 0 Å². The largest absolute Gasteiger partial charge is 0.409 e. The predicted octanol–water partition coefficient (Wildman–Crippen LogP) is 3.87. The molecule has 1 aromatic carbocycles. The van der Waals surface area contributed by atoms with Gasteiger partial charge in [0.15, 0.2) is 0 Å². The van der Waals surface area contributed by atoms with E-state index in [-0.39, 0.29) is 28.3 Å². The van der Waals surface area contributed by atoms with Crippen molar-refractivity contribution < 1.29 is 13.9 Å². The van der Waals surface area contributed by atoms with Crippen molar-refractivity contribution in [1.29, 1.82) is 0 Å². The summed E-state index contributed by atoms with van der Waals surface area (Å²) in [5.74, 6) is 0.385. The molecule has 2 unspecified atom stereocenters. The van der Waals surface area contributed by atoms with Gasteiger partial charge < -0.3 is 14.5 Å². The van der Waals surface area contributed by atoms with Gasteiger partial charge in [-0.15, -0.1) is 5.10 Å². The molecule has 2 aliphatic carbocycles. The van der Waals surface area contributed by atoms with E-state index in [2.05, 4.69) is 15.5 Å². The van der Waals surface area contributed by atoms with E-state index >= 15 is 0 Å². The fourth-order valence-electron chi connectivity index (χ4n) is 4.45. The number of amides is 1. The number of aromatic amines is 1. The van der Waals surface area contributed by atoms with Crippen molar-refractivity contribution >= 4 is 18.1 Å². The Kier molecular flexibility index (Phi) is 4.67. The molecule has 2 N–H and O–H groups in total. The summed E-state index contributed by atoms with van der Waals surface area (Å²) in [6, 6.07) is 7.42. The van der Waals surface area contributed by atoms with Gasteiger partial charge in [-0.25, -0.2) is 5.10 Å². The lowest BCUT2D eigenvalue weighted by Gasteiger charge is -2.54. The van der Waals surface area contributed by atoms with Crippen LogP contribution in [0, 0.1) is 10.3 Å². The zero-order valence-electron chi connectivity index (χ0n) is 14.8. The molecule has 0 aliphatic heterocycles. The van der Waals surface area contributed by atoms with Crippen molar-refractivity contribution in [3.63, 3.8) is 0 Å². The van der Waals surface area contributed by atoms with Crippen molar-refractivity contribution in [2.75, 3.05) is 6.61 Å². The zero-order valence-corrected chi connectivity index (χ0v) is 15.6. The SMILES string of the molecule is CCOC1CC(NC(=O)c2ccc(-c3n[nH]c(=S)o3)cc2)C12CCCC2. The summed E-state index contributed by atoms with van der Waals surface area (Å²) in [4.78, 5) is 12.9. The first kappa shape index (κ1) is 17.4. The van der Waals surface area contributed by atoms with Gasteiger partial charge in [0.2, 0.25) is 5.89 Å². The van der Waals surface area contributed by atoms with Crippen LogP contribution >= 0.6 is 12.2 Å². The van der Waals surface area contributed by atoms with Gasteiger partial charge in [0, 0.05) is 29.2 Å². The van der Waals surface area contributed by atoms with Crippen molar-refractivity contribution in [3.05, 3.63) is 34.7 Å². The van der Waals surface area contributed by atoms with Crippen molar-refractivity contribution in [3.8, 4) is 11.5 Å². The average molecular weight is 373 g/mol. The van der Waals surface area contributed by atoms with E-state index in [1.807, 2.05) is 19.1 Å². The van der Waals surface area contributed by atoms with Crippen LogP contribution in [0.5, 0.6) is 0 Å². The molecule has 2 aromatic rings. The van der Waals surface area contributed by atoms with E-state index in [9.17, 15) is 4.79 Å². The minimum Gasteiger partial charge on any atom is -0.409 e. The summed E-state index contributed by atoms with van der Waals surface area (Å²) in [5, 5.41) is 9.83. The van der Waals surface area contributed by atoms with Gasteiger partial charge in [0.1, 0.15) is 0 Å². The van der Waals surface area contributed by atoms with Crippen LogP contribution in [0.1, 0.15) is 49.4 Å². The molecule has 2 atom stereocenters. The second-order valence-corrected chi connectivity index (χ2v) is 7.51. The fourth-order valence-corrected chi connectivity index (χ4v) is 4.57. The third kappa shape index (κ3) is 2.99. The fraction of sp³-hybridized carbons (Fsp3) is 0.526. The van der Waals surface area contributed by atoms with Crippen LogP contribution in [-0.4, -0.2) is 34.9 Å². The number of carbonyl (C=O) groups is 1. The summed E-state index contributed by atoms with van der Waals surface area (Å²) in [7, 11) is 0. The Labute approximate surface area is 157 Å². The molecular weight excluding hydrogens is 350 g/mol. The third-order valence-electron chi connectivity index (χ3n) is 5.82. The van der Waals surface area contributed by atoms with Crippen LogP contribution in [0.4, 0.5) is 0 Å². The highest BCUT2D eigenvalue weighted by molar-refractivity contribution is 7.71. The second kappa shape index (κ2) is 6.96. The number of benzene rings is 1. The number of nitrogens with zero attached hydrogens (tertiary/aromatic N) is 1. The standard InChI is InChI=1S/C19H23N3O3S/c1-2-24-15-11-14(19(15)9-3-4-10-19)20-16(23)12-5-7-13(8-6-12)17-21-22-18(26)25-17/h5-8,14-15H,2-4,9-11H2,1H3,(H,20,23)(H,22,26). The predicted molar refractivity (Wildman–Crippen MR) is 99.3 cm³/mol. The quantitative estimate of drug-likeness (QED) is 0.778. The lowest BCUT2D eigenvalue weighted by atomic mass is 9.60. The lowest BCUT2D eigenvalue weighted by Crippen LogP contribution is -2.63. The van der Waals surface area contributed by atoms with Crippen LogP contribution < -0.4 is 5.32 Å². The van der Waals surface area contributed by atoms with Crippen LogP contribution in [0.2, 0.25) is 0 Å². The molecule has 6 nitrogen and oxygen atoms in total. The number of H-pyrrole nitrogens is 1. The number of rotatable bonds is 5.